The van der Waals surface area contributed by atoms with Crippen LogP contribution in [0.15, 0.2) is 42.7 Å². The number of rotatable bonds is 1. The summed E-state index contributed by atoms with van der Waals surface area (Å²) in [5.41, 5.74) is 1.61. The van der Waals surface area contributed by atoms with Gasteiger partial charge in [-0.1, -0.05) is 6.07 Å². The SMILES string of the molecule is [c]1ccc2nnc(-c3ccccn3)n2c1. The Labute approximate surface area is 86.2 Å². The number of nitrogens with zero attached hydrogens (tertiary/aromatic N) is 4. The van der Waals surface area contributed by atoms with E-state index in [0.29, 0.717) is 0 Å². The molecule has 0 saturated carbocycles. The quantitative estimate of drug-likeness (QED) is 0.592. The second-order valence-corrected chi connectivity index (χ2v) is 3.10. The van der Waals surface area contributed by atoms with Crippen molar-refractivity contribution in [1.29, 1.82) is 0 Å². The minimum absolute atomic E-state index is 0.738. The maximum atomic E-state index is 4.23. The van der Waals surface area contributed by atoms with Crippen LogP contribution in [0.2, 0.25) is 0 Å². The van der Waals surface area contributed by atoms with Crippen molar-refractivity contribution >= 4 is 5.65 Å². The summed E-state index contributed by atoms with van der Waals surface area (Å²) in [5.74, 6) is 0.738. The molecule has 0 aliphatic heterocycles. The van der Waals surface area contributed by atoms with Gasteiger partial charge in [0, 0.05) is 18.5 Å². The molecule has 3 heterocycles. The smallest absolute Gasteiger partial charge is 0.187 e. The molecule has 0 saturated heterocycles. The van der Waals surface area contributed by atoms with Crippen LogP contribution in [0.4, 0.5) is 0 Å². The van der Waals surface area contributed by atoms with Crippen LogP contribution in [0.25, 0.3) is 17.2 Å². The van der Waals surface area contributed by atoms with E-state index in [4.69, 9.17) is 0 Å². The van der Waals surface area contributed by atoms with Crippen molar-refractivity contribution in [2.75, 3.05) is 0 Å². The van der Waals surface area contributed by atoms with Gasteiger partial charge in [-0.05, 0) is 24.3 Å². The van der Waals surface area contributed by atoms with E-state index in [0.717, 1.165) is 17.2 Å². The molecule has 0 N–H and O–H groups in total. The van der Waals surface area contributed by atoms with Crippen LogP contribution in [0, 0.1) is 6.07 Å². The first-order valence-electron chi connectivity index (χ1n) is 4.57. The molecule has 3 aromatic heterocycles. The molecule has 1 radical (unpaired) electrons. The third kappa shape index (κ3) is 1.27. The minimum Gasteiger partial charge on any atom is -0.281 e. The molecular formula is C11H7N4. The van der Waals surface area contributed by atoms with Crippen LogP contribution in [-0.2, 0) is 0 Å². The minimum atomic E-state index is 0.738. The molecule has 0 fully saturated rings. The number of hydrogen-bond acceptors (Lipinski definition) is 3. The van der Waals surface area contributed by atoms with Gasteiger partial charge in [0.25, 0.3) is 0 Å². The van der Waals surface area contributed by atoms with E-state index in [1.54, 1.807) is 12.4 Å². The Morgan fingerprint density at radius 2 is 2.13 bits per heavy atom. The maximum absolute atomic E-state index is 4.23. The Bertz CT molecular complexity index is 586. The van der Waals surface area contributed by atoms with Crippen LogP contribution in [-0.4, -0.2) is 19.6 Å². The van der Waals surface area contributed by atoms with Gasteiger partial charge in [0.15, 0.2) is 11.5 Å². The molecule has 4 heteroatoms. The van der Waals surface area contributed by atoms with Gasteiger partial charge >= 0.3 is 0 Å². The molecule has 0 bridgehead atoms. The highest BCUT2D eigenvalue weighted by atomic mass is 15.2. The topological polar surface area (TPSA) is 43.1 Å². The molecule has 0 amide bonds. The zero-order valence-corrected chi connectivity index (χ0v) is 7.83. The summed E-state index contributed by atoms with van der Waals surface area (Å²) in [5, 5.41) is 8.14. The van der Waals surface area contributed by atoms with Crippen LogP contribution in [0.5, 0.6) is 0 Å². The van der Waals surface area contributed by atoms with E-state index >= 15 is 0 Å². The Hall–Kier alpha value is -2.23. The molecule has 0 aliphatic carbocycles. The monoisotopic (exact) mass is 195 g/mol. The van der Waals surface area contributed by atoms with E-state index in [-0.39, 0.29) is 0 Å². The lowest BCUT2D eigenvalue weighted by atomic mass is 10.3. The van der Waals surface area contributed by atoms with Gasteiger partial charge in [0.05, 0.1) is 0 Å². The van der Waals surface area contributed by atoms with E-state index in [2.05, 4.69) is 21.2 Å². The molecule has 71 valence electrons. The number of fused-ring (bicyclic) bond motifs is 1. The van der Waals surface area contributed by atoms with Crippen molar-refractivity contribution in [3.05, 3.63) is 48.8 Å². The number of hydrogen-bond donors (Lipinski definition) is 0. The average Bonchev–Trinajstić information content (AvgIpc) is 2.74. The normalized spacial score (nSPS) is 10.7. The maximum Gasteiger partial charge on any atom is 0.187 e. The van der Waals surface area contributed by atoms with Gasteiger partial charge in [-0.3, -0.25) is 9.38 Å². The van der Waals surface area contributed by atoms with Crippen LogP contribution >= 0.6 is 0 Å². The van der Waals surface area contributed by atoms with Crippen molar-refractivity contribution in [2.45, 2.75) is 0 Å². The fourth-order valence-corrected chi connectivity index (χ4v) is 1.45. The zero-order chi connectivity index (χ0) is 10.1. The van der Waals surface area contributed by atoms with Crippen LogP contribution < -0.4 is 0 Å². The van der Waals surface area contributed by atoms with Crippen molar-refractivity contribution in [3.8, 4) is 11.5 Å². The average molecular weight is 195 g/mol. The van der Waals surface area contributed by atoms with Crippen molar-refractivity contribution < 1.29 is 0 Å². The summed E-state index contributed by atoms with van der Waals surface area (Å²) in [6.45, 7) is 0. The molecular weight excluding hydrogens is 188 g/mol. The standard InChI is InChI=1S/C11H7N4/c1-3-7-12-9(5-1)11-14-13-10-6-2-4-8-15(10)11/h1-3,5-8H. The summed E-state index contributed by atoms with van der Waals surface area (Å²) in [4.78, 5) is 4.23. The van der Waals surface area contributed by atoms with Crippen LogP contribution in [0.1, 0.15) is 0 Å². The fourth-order valence-electron chi connectivity index (χ4n) is 1.45. The predicted octanol–water partition coefficient (Wildman–Crippen LogP) is 1.59. The summed E-state index contributed by atoms with van der Waals surface area (Å²) in [6, 6.07) is 12.4. The Balaban J connectivity index is 2.28. The van der Waals surface area contributed by atoms with Crippen molar-refractivity contribution in [1.82, 2.24) is 19.6 Å². The number of aromatic nitrogens is 4. The largest absolute Gasteiger partial charge is 0.281 e. The van der Waals surface area contributed by atoms with Gasteiger partial charge in [-0.25, -0.2) is 0 Å². The number of pyridine rings is 2. The van der Waals surface area contributed by atoms with E-state index in [9.17, 15) is 0 Å². The fraction of sp³-hybridized carbons (Fsp3) is 0. The molecule has 0 unspecified atom stereocenters. The van der Waals surface area contributed by atoms with Crippen LogP contribution in [0.3, 0.4) is 0 Å². The highest BCUT2D eigenvalue weighted by molar-refractivity contribution is 5.54. The second-order valence-electron chi connectivity index (χ2n) is 3.10. The highest BCUT2D eigenvalue weighted by Gasteiger charge is 2.06. The van der Waals surface area contributed by atoms with Gasteiger partial charge in [-0.2, -0.15) is 0 Å². The first-order valence-corrected chi connectivity index (χ1v) is 4.57. The predicted molar refractivity (Wildman–Crippen MR) is 55.1 cm³/mol. The molecule has 3 rings (SSSR count). The molecule has 0 aromatic carbocycles. The lowest BCUT2D eigenvalue weighted by Gasteiger charge is -1.96. The molecule has 4 nitrogen and oxygen atoms in total. The lowest BCUT2D eigenvalue weighted by Crippen LogP contribution is -1.90. The molecule has 3 aromatic rings. The zero-order valence-electron chi connectivity index (χ0n) is 7.83. The van der Waals surface area contributed by atoms with Crippen molar-refractivity contribution in [2.24, 2.45) is 0 Å². The molecule has 15 heavy (non-hydrogen) atoms. The summed E-state index contributed by atoms with van der Waals surface area (Å²) >= 11 is 0. The lowest BCUT2D eigenvalue weighted by molar-refractivity contribution is 1.09. The molecule has 0 spiro atoms. The highest BCUT2D eigenvalue weighted by Crippen LogP contribution is 2.14. The summed E-state index contributed by atoms with van der Waals surface area (Å²) < 4.78 is 1.86. The second kappa shape index (κ2) is 3.16. The third-order valence-corrected chi connectivity index (χ3v) is 2.15. The van der Waals surface area contributed by atoms with Crippen molar-refractivity contribution in [3.63, 3.8) is 0 Å². The third-order valence-electron chi connectivity index (χ3n) is 2.15. The van der Waals surface area contributed by atoms with Gasteiger partial charge in [0.2, 0.25) is 0 Å². The first-order chi connectivity index (χ1) is 7.45. The van der Waals surface area contributed by atoms with Gasteiger partial charge in [-0.15, -0.1) is 10.2 Å². The molecule has 0 atom stereocenters. The van der Waals surface area contributed by atoms with E-state index < -0.39 is 0 Å². The first kappa shape index (κ1) is 8.11. The van der Waals surface area contributed by atoms with Gasteiger partial charge < -0.3 is 0 Å². The van der Waals surface area contributed by atoms with E-state index in [1.807, 2.05) is 34.7 Å². The summed E-state index contributed by atoms with van der Waals surface area (Å²) in [7, 11) is 0. The Morgan fingerprint density at radius 3 is 3.00 bits per heavy atom. The summed E-state index contributed by atoms with van der Waals surface area (Å²) in [6.07, 6.45) is 3.54. The Kier molecular flexibility index (Phi) is 1.71. The van der Waals surface area contributed by atoms with Gasteiger partial charge in [0.1, 0.15) is 5.69 Å². The van der Waals surface area contributed by atoms with E-state index in [1.165, 1.54) is 0 Å². The Morgan fingerprint density at radius 1 is 1.13 bits per heavy atom. The molecule has 0 aliphatic rings.